The van der Waals surface area contributed by atoms with Gasteiger partial charge in [0.15, 0.2) is 0 Å². The zero-order valence-electron chi connectivity index (χ0n) is 31.9. The van der Waals surface area contributed by atoms with E-state index >= 15 is 0 Å². The maximum absolute atomic E-state index is 10.5. The highest BCUT2D eigenvalue weighted by molar-refractivity contribution is 6.19. The SMILES string of the molecule is N[C@@H](CC1=C(NC2(C3=[N+]=C(c4ccncc4)N3)CCNCC2)CCC=C1)c1ccc(OCCCCCCOCCOCCOCCCCCC(=O)O)cc1. The van der Waals surface area contributed by atoms with E-state index in [9.17, 15) is 4.79 Å². The van der Waals surface area contributed by atoms with E-state index in [2.05, 4.69) is 45.2 Å². The summed E-state index contributed by atoms with van der Waals surface area (Å²) in [4.78, 5) is 14.6. The minimum atomic E-state index is -0.739. The standard InChI is InChI=1S/C42H60N6O6/c43-37(32-35-10-5-6-11-38(35)48-42(19-23-45-24-20-42)41-46-40(47-41)34-17-21-44-22-18-34)33-13-15-36(16-14-33)54-27-9-2-1-7-25-51-28-30-53-31-29-52-26-8-3-4-12-39(49)50/h5,10,13-18,21-22,37,45,48H,1-4,6-9,11-12,19-20,23-32,43H2,(H,49,50)/p+1/t37-/m0/s1. The quantitative estimate of drug-likeness (QED) is 0.0622. The van der Waals surface area contributed by atoms with Crippen LogP contribution in [0.1, 0.15) is 101 Å². The van der Waals surface area contributed by atoms with E-state index in [1.807, 2.05) is 24.3 Å². The molecule has 3 heterocycles. The topological polar surface area (TPSA) is 163 Å². The van der Waals surface area contributed by atoms with Crippen LogP contribution in [0.5, 0.6) is 5.75 Å². The third-order valence-corrected chi connectivity index (χ3v) is 10.1. The summed E-state index contributed by atoms with van der Waals surface area (Å²) >= 11 is 0. The molecule has 0 amide bonds. The molecule has 1 atom stereocenters. The number of carbonyl (C=O) groups is 1. The highest BCUT2D eigenvalue weighted by atomic mass is 16.5. The zero-order valence-corrected chi connectivity index (χ0v) is 31.9. The van der Waals surface area contributed by atoms with Crippen LogP contribution in [0.15, 0.2) is 72.2 Å². The van der Waals surface area contributed by atoms with Gasteiger partial charge in [-0.1, -0.05) is 37.1 Å². The number of aromatic nitrogens is 1. The number of carboxylic acid groups (broad SMARTS) is 1. The Morgan fingerprint density at radius 2 is 1.50 bits per heavy atom. The molecule has 1 saturated heterocycles. The van der Waals surface area contributed by atoms with Gasteiger partial charge in [-0.2, -0.15) is 0 Å². The molecule has 3 aliphatic rings. The van der Waals surface area contributed by atoms with Crippen LogP contribution >= 0.6 is 0 Å². The lowest BCUT2D eigenvalue weighted by atomic mass is 9.84. The molecular weight excluding hydrogens is 684 g/mol. The highest BCUT2D eigenvalue weighted by Gasteiger charge is 2.47. The first-order valence-corrected chi connectivity index (χ1v) is 20.0. The van der Waals surface area contributed by atoms with Gasteiger partial charge in [0, 0.05) is 43.8 Å². The molecule has 0 spiro atoms. The van der Waals surface area contributed by atoms with Crippen molar-refractivity contribution in [1.29, 1.82) is 0 Å². The Labute approximate surface area is 320 Å². The van der Waals surface area contributed by atoms with E-state index in [-0.39, 0.29) is 18.0 Å². The monoisotopic (exact) mass is 745 g/mol. The van der Waals surface area contributed by atoms with Crippen molar-refractivity contribution in [3.8, 4) is 5.75 Å². The van der Waals surface area contributed by atoms with Gasteiger partial charge in [-0.3, -0.25) is 9.78 Å². The summed E-state index contributed by atoms with van der Waals surface area (Å²) in [6.07, 6.45) is 19.7. The van der Waals surface area contributed by atoms with Gasteiger partial charge in [0.25, 0.3) is 0 Å². The predicted molar refractivity (Wildman–Crippen MR) is 213 cm³/mol. The first-order valence-electron chi connectivity index (χ1n) is 20.0. The third-order valence-electron chi connectivity index (χ3n) is 10.1. The van der Waals surface area contributed by atoms with Crippen molar-refractivity contribution < 1.29 is 28.8 Å². The summed E-state index contributed by atoms with van der Waals surface area (Å²) in [7, 11) is 0. The van der Waals surface area contributed by atoms with Crippen molar-refractivity contribution in [2.24, 2.45) is 5.73 Å². The molecule has 2 aliphatic heterocycles. The number of amidine groups is 2. The van der Waals surface area contributed by atoms with Crippen LogP contribution in [0.4, 0.5) is 0 Å². The molecule has 1 fully saturated rings. The number of aliphatic carboxylic acids is 1. The number of pyridine rings is 1. The fourth-order valence-corrected chi connectivity index (χ4v) is 6.93. The molecule has 12 nitrogen and oxygen atoms in total. The number of carboxylic acids is 1. The second kappa shape index (κ2) is 23.0. The van der Waals surface area contributed by atoms with Crippen molar-refractivity contribution in [3.05, 3.63) is 83.3 Å². The van der Waals surface area contributed by atoms with Gasteiger partial charge in [0.05, 0.1) is 38.6 Å². The molecule has 1 aliphatic carbocycles. The average molecular weight is 746 g/mol. The summed E-state index contributed by atoms with van der Waals surface area (Å²) in [5.41, 5.74) is 11.3. The summed E-state index contributed by atoms with van der Waals surface area (Å²) in [6, 6.07) is 12.1. The van der Waals surface area contributed by atoms with Gasteiger partial charge in [-0.05, 0) is 113 Å². The molecule has 0 bridgehead atoms. The maximum atomic E-state index is 10.5. The number of nitrogens with one attached hydrogen (secondary N) is 3. The maximum Gasteiger partial charge on any atom is 0.324 e. The van der Waals surface area contributed by atoms with E-state index < -0.39 is 5.97 Å². The minimum absolute atomic E-state index is 0.120. The molecule has 1 aromatic carbocycles. The molecule has 0 unspecified atom stereocenters. The molecule has 0 saturated carbocycles. The van der Waals surface area contributed by atoms with Crippen LogP contribution in [-0.2, 0) is 19.0 Å². The van der Waals surface area contributed by atoms with Crippen LogP contribution in [0, 0.1) is 0 Å². The lowest BCUT2D eigenvalue weighted by molar-refractivity contribution is -0.137. The van der Waals surface area contributed by atoms with Crippen LogP contribution in [-0.4, -0.2) is 92.6 Å². The van der Waals surface area contributed by atoms with Gasteiger partial charge in [-0.15, -0.1) is 0 Å². The Bertz CT molecular complexity index is 1550. The molecule has 12 heteroatoms. The van der Waals surface area contributed by atoms with Gasteiger partial charge in [0.1, 0.15) is 11.3 Å². The van der Waals surface area contributed by atoms with Gasteiger partial charge in [0.2, 0.25) is 0 Å². The van der Waals surface area contributed by atoms with Crippen LogP contribution in [0.2, 0.25) is 0 Å². The smallest absolute Gasteiger partial charge is 0.324 e. The second-order valence-corrected chi connectivity index (χ2v) is 14.3. The number of nitrogens with two attached hydrogens (primary N) is 1. The third kappa shape index (κ3) is 13.7. The predicted octanol–water partition coefficient (Wildman–Crippen LogP) is 4.94. The fourth-order valence-electron chi connectivity index (χ4n) is 6.93. The van der Waals surface area contributed by atoms with Crippen molar-refractivity contribution in [2.45, 2.75) is 95.1 Å². The Hall–Kier alpha value is -4.03. The van der Waals surface area contributed by atoms with Crippen LogP contribution in [0.25, 0.3) is 0 Å². The van der Waals surface area contributed by atoms with E-state index in [0.29, 0.717) is 46.1 Å². The number of hydrogen-bond acceptors (Lipinski definition) is 10. The first-order chi connectivity index (χ1) is 26.5. The highest BCUT2D eigenvalue weighted by Crippen LogP contribution is 2.30. The molecule has 1 aromatic heterocycles. The Morgan fingerprint density at radius 1 is 0.870 bits per heavy atom. The molecule has 2 aromatic rings. The minimum Gasteiger partial charge on any atom is -0.494 e. The van der Waals surface area contributed by atoms with Crippen molar-refractivity contribution in [1.82, 2.24) is 25.6 Å². The number of rotatable bonds is 27. The Kier molecular flexibility index (Phi) is 17.5. The van der Waals surface area contributed by atoms with Gasteiger partial charge >= 0.3 is 17.6 Å². The largest absolute Gasteiger partial charge is 0.494 e. The Balaban J connectivity index is 0.947. The zero-order chi connectivity index (χ0) is 37.7. The number of benzene rings is 1. The summed E-state index contributed by atoms with van der Waals surface area (Å²) in [5.74, 6) is 2.05. The van der Waals surface area contributed by atoms with Gasteiger partial charge in [-0.25, -0.2) is 9.98 Å². The molecular formula is C42H61N6O6+. The van der Waals surface area contributed by atoms with E-state index in [1.165, 1.54) is 11.3 Å². The first kappa shape index (κ1) is 41.1. The van der Waals surface area contributed by atoms with Crippen LogP contribution in [0.3, 0.4) is 0 Å². The van der Waals surface area contributed by atoms with E-state index in [1.54, 1.807) is 12.4 Å². The van der Waals surface area contributed by atoms with Crippen LogP contribution < -0.4 is 31.1 Å². The lowest BCUT2D eigenvalue weighted by Crippen LogP contribution is -2.66. The number of allylic oxidation sites excluding steroid dienone is 3. The fraction of sp³-hybridized carbons (Fsp3) is 0.571. The normalized spacial score (nSPS) is 16.9. The summed E-state index contributed by atoms with van der Waals surface area (Å²) in [6.45, 7) is 6.21. The number of piperidine rings is 1. The summed E-state index contributed by atoms with van der Waals surface area (Å²) < 4.78 is 27.7. The van der Waals surface area contributed by atoms with E-state index in [0.717, 1.165) is 119 Å². The number of nitrogens with zero attached hydrogens (tertiary/aromatic N) is 2. The van der Waals surface area contributed by atoms with E-state index in [4.69, 9.17) is 34.5 Å². The number of unbranched alkanes of at least 4 members (excludes halogenated alkanes) is 5. The van der Waals surface area contributed by atoms with Gasteiger partial charge < -0.3 is 40.4 Å². The molecule has 6 N–H and O–H groups in total. The summed E-state index contributed by atoms with van der Waals surface area (Å²) in [5, 5.41) is 19.7. The second-order valence-electron chi connectivity index (χ2n) is 14.3. The molecule has 5 rings (SSSR count). The Morgan fingerprint density at radius 3 is 2.17 bits per heavy atom. The molecule has 0 radical (unpaired) electrons. The molecule has 294 valence electrons. The number of ether oxygens (including phenoxy) is 4. The van der Waals surface area contributed by atoms with Crippen molar-refractivity contribution in [3.63, 3.8) is 0 Å². The average Bonchev–Trinajstić information content (AvgIpc) is 3.17. The number of hydrogen-bond donors (Lipinski definition) is 5. The molecule has 54 heavy (non-hydrogen) atoms. The van der Waals surface area contributed by atoms with Crippen molar-refractivity contribution >= 4 is 17.6 Å². The lowest BCUT2D eigenvalue weighted by Gasteiger charge is -2.39. The van der Waals surface area contributed by atoms with Crippen molar-refractivity contribution in [2.75, 3.05) is 59.3 Å².